The van der Waals surface area contributed by atoms with Gasteiger partial charge in [-0.05, 0) is 44.2 Å². The lowest BCUT2D eigenvalue weighted by molar-refractivity contribution is -0.152. The maximum Gasteiger partial charge on any atom is 0.311 e. The third kappa shape index (κ3) is 2.79. The topological polar surface area (TPSA) is 62.5 Å². The lowest BCUT2D eigenvalue weighted by Crippen LogP contribution is -2.50. The highest BCUT2D eigenvalue weighted by molar-refractivity contribution is 6.02. The zero-order valence-electron chi connectivity index (χ0n) is 16.1. The number of amides is 1. The summed E-state index contributed by atoms with van der Waals surface area (Å²) < 4.78 is 1.97. The SMILES string of the molecule is CCC[C@]1(C(=O)O)CCCN(C(=O)c2c(C)c3cccc(C)c3n2C)C1. The quantitative estimate of drug-likeness (QED) is 0.904. The third-order valence-corrected chi connectivity index (χ3v) is 5.92. The zero-order chi connectivity index (χ0) is 19.1. The molecule has 26 heavy (non-hydrogen) atoms. The number of benzene rings is 1. The summed E-state index contributed by atoms with van der Waals surface area (Å²) in [6, 6.07) is 6.10. The monoisotopic (exact) mass is 356 g/mol. The maximum absolute atomic E-state index is 13.3. The van der Waals surface area contributed by atoms with E-state index >= 15 is 0 Å². The van der Waals surface area contributed by atoms with Crippen molar-refractivity contribution in [1.82, 2.24) is 9.47 Å². The van der Waals surface area contributed by atoms with E-state index in [9.17, 15) is 14.7 Å². The number of carbonyl (C=O) groups is 2. The van der Waals surface area contributed by atoms with Gasteiger partial charge in [-0.1, -0.05) is 31.5 Å². The molecule has 1 fully saturated rings. The first-order chi connectivity index (χ1) is 12.3. The molecule has 0 bridgehead atoms. The Hall–Kier alpha value is -2.30. The van der Waals surface area contributed by atoms with Crippen LogP contribution in [-0.4, -0.2) is 39.5 Å². The lowest BCUT2D eigenvalue weighted by Gasteiger charge is -2.40. The van der Waals surface area contributed by atoms with Crippen LogP contribution in [-0.2, 0) is 11.8 Å². The Kier molecular flexibility index (Phi) is 4.82. The van der Waals surface area contributed by atoms with Gasteiger partial charge in [-0.15, -0.1) is 0 Å². The Labute approximate surface area is 154 Å². The number of aromatic nitrogens is 1. The average Bonchev–Trinajstić information content (AvgIpc) is 2.86. The highest BCUT2D eigenvalue weighted by Crippen LogP contribution is 2.36. The van der Waals surface area contributed by atoms with Crippen molar-refractivity contribution in [1.29, 1.82) is 0 Å². The molecule has 1 N–H and O–H groups in total. The Morgan fingerprint density at radius 2 is 2.00 bits per heavy atom. The second-order valence-electron chi connectivity index (χ2n) is 7.67. The fraction of sp³-hybridized carbons (Fsp3) is 0.524. The maximum atomic E-state index is 13.3. The first kappa shape index (κ1) is 18.5. The molecule has 1 aliphatic heterocycles. The van der Waals surface area contributed by atoms with Gasteiger partial charge < -0.3 is 14.6 Å². The van der Waals surface area contributed by atoms with Crippen LogP contribution in [0.4, 0.5) is 0 Å². The molecule has 3 rings (SSSR count). The van der Waals surface area contributed by atoms with Gasteiger partial charge in [-0.3, -0.25) is 9.59 Å². The molecule has 0 unspecified atom stereocenters. The Morgan fingerprint density at radius 3 is 2.62 bits per heavy atom. The van der Waals surface area contributed by atoms with Gasteiger partial charge in [-0.25, -0.2) is 0 Å². The molecule has 0 aliphatic carbocycles. The number of para-hydroxylation sites is 1. The Balaban J connectivity index is 2.01. The number of carbonyl (C=O) groups excluding carboxylic acids is 1. The summed E-state index contributed by atoms with van der Waals surface area (Å²) in [5, 5.41) is 10.9. The van der Waals surface area contributed by atoms with E-state index in [4.69, 9.17) is 0 Å². The van der Waals surface area contributed by atoms with Crippen molar-refractivity contribution >= 4 is 22.8 Å². The van der Waals surface area contributed by atoms with E-state index in [0.717, 1.165) is 34.9 Å². The number of carboxylic acid groups (broad SMARTS) is 1. The second kappa shape index (κ2) is 6.78. The smallest absolute Gasteiger partial charge is 0.311 e. The van der Waals surface area contributed by atoms with Crippen molar-refractivity contribution < 1.29 is 14.7 Å². The van der Waals surface area contributed by atoms with Gasteiger partial charge in [0, 0.05) is 25.5 Å². The normalized spacial score (nSPS) is 20.5. The fourth-order valence-corrected chi connectivity index (χ4v) is 4.62. The van der Waals surface area contributed by atoms with Crippen molar-refractivity contribution in [3.05, 3.63) is 35.0 Å². The minimum Gasteiger partial charge on any atom is -0.481 e. The summed E-state index contributed by atoms with van der Waals surface area (Å²) in [4.78, 5) is 27.1. The van der Waals surface area contributed by atoms with Crippen LogP contribution in [0.15, 0.2) is 18.2 Å². The van der Waals surface area contributed by atoms with Gasteiger partial charge >= 0.3 is 5.97 Å². The number of piperidine rings is 1. The molecule has 1 amide bonds. The Bertz CT molecular complexity index is 864. The van der Waals surface area contributed by atoms with Crippen LogP contribution < -0.4 is 0 Å². The van der Waals surface area contributed by atoms with E-state index in [1.165, 1.54) is 0 Å². The molecule has 1 aliphatic rings. The number of carboxylic acids is 1. The molecule has 0 saturated carbocycles. The van der Waals surface area contributed by atoms with Gasteiger partial charge in [0.15, 0.2) is 0 Å². The summed E-state index contributed by atoms with van der Waals surface area (Å²) in [7, 11) is 1.93. The van der Waals surface area contributed by atoms with Gasteiger partial charge in [0.25, 0.3) is 5.91 Å². The van der Waals surface area contributed by atoms with Crippen LogP contribution in [0.5, 0.6) is 0 Å². The van der Waals surface area contributed by atoms with Gasteiger partial charge in [0.05, 0.1) is 10.9 Å². The van der Waals surface area contributed by atoms with Crippen LogP contribution in [0.2, 0.25) is 0 Å². The fourth-order valence-electron chi connectivity index (χ4n) is 4.62. The summed E-state index contributed by atoms with van der Waals surface area (Å²) in [5.41, 5.74) is 3.04. The highest BCUT2D eigenvalue weighted by atomic mass is 16.4. The van der Waals surface area contributed by atoms with Crippen molar-refractivity contribution in [2.75, 3.05) is 13.1 Å². The number of fused-ring (bicyclic) bond motifs is 1. The molecule has 0 spiro atoms. The van der Waals surface area contributed by atoms with Crippen LogP contribution in [0.25, 0.3) is 10.9 Å². The van der Waals surface area contributed by atoms with Crippen LogP contribution in [0, 0.1) is 19.3 Å². The Morgan fingerprint density at radius 1 is 1.27 bits per heavy atom. The number of hydrogen-bond donors (Lipinski definition) is 1. The van der Waals surface area contributed by atoms with Crippen molar-refractivity contribution in [2.45, 2.75) is 46.5 Å². The first-order valence-corrected chi connectivity index (χ1v) is 9.39. The molecular formula is C21H28N2O3. The number of aliphatic carboxylic acids is 1. The highest BCUT2D eigenvalue weighted by Gasteiger charge is 2.43. The molecule has 0 radical (unpaired) electrons. The van der Waals surface area contributed by atoms with E-state index in [-0.39, 0.29) is 5.91 Å². The molecule has 5 nitrogen and oxygen atoms in total. The third-order valence-electron chi connectivity index (χ3n) is 5.92. The predicted octanol–water partition coefficient (Wildman–Crippen LogP) is 3.90. The van der Waals surface area contributed by atoms with Crippen LogP contribution in [0.1, 0.15) is 54.2 Å². The number of rotatable bonds is 4. The van der Waals surface area contributed by atoms with Crippen LogP contribution in [0.3, 0.4) is 0 Å². The van der Waals surface area contributed by atoms with Gasteiger partial charge in [0.2, 0.25) is 0 Å². The largest absolute Gasteiger partial charge is 0.481 e. The first-order valence-electron chi connectivity index (χ1n) is 9.39. The minimum atomic E-state index is -0.808. The number of nitrogens with zero attached hydrogens (tertiary/aromatic N) is 2. The van der Waals surface area contributed by atoms with Crippen molar-refractivity contribution in [3.63, 3.8) is 0 Å². The van der Waals surface area contributed by atoms with Gasteiger partial charge in [0.1, 0.15) is 5.69 Å². The standard InChI is InChI=1S/C21H28N2O3/c1-5-10-21(20(25)26)11-7-12-23(13-21)19(24)18-15(3)16-9-6-8-14(2)17(16)22(18)4/h6,8-9H,5,7,10-13H2,1-4H3,(H,25,26)/t21-/m0/s1. The number of hydrogen-bond acceptors (Lipinski definition) is 2. The van der Waals surface area contributed by atoms with Gasteiger partial charge in [-0.2, -0.15) is 0 Å². The van der Waals surface area contributed by atoms with E-state index in [2.05, 4.69) is 0 Å². The predicted molar refractivity (Wildman–Crippen MR) is 103 cm³/mol. The molecule has 2 aromatic rings. The zero-order valence-corrected chi connectivity index (χ0v) is 16.1. The van der Waals surface area contributed by atoms with E-state index < -0.39 is 11.4 Å². The van der Waals surface area contributed by atoms with Crippen LogP contribution >= 0.6 is 0 Å². The number of likely N-dealkylation sites (tertiary alicyclic amines) is 1. The molecule has 1 saturated heterocycles. The molecule has 140 valence electrons. The molecular weight excluding hydrogens is 328 g/mol. The van der Waals surface area contributed by atoms with E-state index in [1.807, 2.05) is 50.6 Å². The summed E-state index contributed by atoms with van der Waals surface area (Å²) in [6.45, 7) is 6.96. The van der Waals surface area contributed by atoms with E-state index in [0.29, 0.717) is 31.6 Å². The molecule has 5 heteroatoms. The molecule has 1 aromatic heterocycles. The molecule has 2 heterocycles. The van der Waals surface area contributed by atoms with E-state index in [1.54, 1.807) is 4.90 Å². The number of aryl methyl sites for hydroxylation is 3. The summed E-state index contributed by atoms with van der Waals surface area (Å²) >= 11 is 0. The average molecular weight is 356 g/mol. The minimum absolute atomic E-state index is 0.0537. The second-order valence-corrected chi connectivity index (χ2v) is 7.67. The summed E-state index contributed by atoms with van der Waals surface area (Å²) in [5.74, 6) is -0.830. The molecule has 1 aromatic carbocycles. The van der Waals surface area contributed by atoms with Crippen molar-refractivity contribution in [3.8, 4) is 0 Å². The molecule has 1 atom stereocenters. The lowest BCUT2D eigenvalue weighted by atomic mass is 9.76. The summed E-state index contributed by atoms with van der Waals surface area (Å²) in [6.07, 6.45) is 2.80. The van der Waals surface area contributed by atoms with Crippen molar-refractivity contribution in [2.24, 2.45) is 12.5 Å².